The number of Topliss-reactive ketones (excluding diaryl/α,β-unsaturated/α-hetero) is 3. The van der Waals surface area contributed by atoms with Gasteiger partial charge in [0.15, 0.2) is 28.8 Å². The van der Waals surface area contributed by atoms with Crippen molar-refractivity contribution < 1.29 is 118 Å². The summed E-state index contributed by atoms with van der Waals surface area (Å²) >= 11 is 14.4. The van der Waals surface area contributed by atoms with Crippen molar-refractivity contribution in [2.24, 2.45) is 47.3 Å². The largest absolute Gasteiger partial charge is 0.508 e. The normalized spacial score (nSPS) is 28.1. The van der Waals surface area contributed by atoms with E-state index in [2.05, 4.69) is 37.2 Å². The summed E-state index contributed by atoms with van der Waals surface area (Å²) in [6.07, 6.45) is -11.9. The first-order valence-corrected chi connectivity index (χ1v) is 41.3. The lowest BCUT2D eigenvalue weighted by Gasteiger charge is -2.54. The highest BCUT2D eigenvalue weighted by Crippen LogP contribution is 2.59. The summed E-state index contributed by atoms with van der Waals surface area (Å²) in [5.41, 5.74) is -1.62. The summed E-state index contributed by atoms with van der Waals surface area (Å²) in [6.45, 7) is 5.60. The Kier molecular flexibility index (Phi) is 26.1. The zero-order valence-corrected chi connectivity index (χ0v) is 68.0. The number of rotatable bonds is 22. The van der Waals surface area contributed by atoms with Crippen LogP contribution in [-0.4, -0.2) is 189 Å². The van der Waals surface area contributed by atoms with Crippen LogP contribution in [-0.2, 0) is 48.9 Å². The van der Waals surface area contributed by atoms with E-state index >= 15 is 28.8 Å². The number of halogens is 2. The van der Waals surface area contributed by atoms with Gasteiger partial charge in [0.1, 0.15) is 103 Å². The molecular formula is C87H99Cl2N7O24. The number of benzene rings is 6. The Morgan fingerprint density at radius 1 is 0.642 bits per heavy atom. The minimum Gasteiger partial charge on any atom is -0.508 e. The van der Waals surface area contributed by atoms with E-state index in [9.17, 15) is 60.3 Å². The van der Waals surface area contributed by atoms with Gasteiger partial charge in [0, 0.05) is 67.4 Å². The van der Waals surface area contributed by atoms with Crippen molar-refractivity contribution >= 4 is 76.0 Å². The molecule has 11 aliphatic rings. The highest BCUT2D eigenvalue weighted by molar-refractivity contribution is 6.32. The zero-order valence-electron chi connectivity index (χ0n) is 66.5. The fourth-order valence-electron chi connectivity index (χ4n) is 18.7. The number of aromatic hydroxyl groups is 1. The van der Waals surface area contributed by atoms with Crippen molar-refractivity contribution in [2.45, 2.75) is 170 Å². The van der Waals surface area contributed by atoms with Gasteiger partial charge in [-0.05, 0) is 200 Å². The second kappa shape index (κ2) is 36.1. The first-order chi connectivity index (χ1) is 57.3. The molecule has 4 saturated carbocycles. The van der Waals surface area contributed by atoms with Crippen LogP contribution in [0.4, 0.5) is 0 Å². The third-order valence-corrected chi connectivity index (χ3v) is 25.2. The van der Waals surface area contributed by atoms with E-state index in [1.165, 1.54) is 78.9 Å². The van der Waals surface area contributed by atoms with Crippen LogP contribution < -0.4 is 60.9 Å². The van der Waals surface area contributed by atoms with Crippen molar-refractivity contribution in [3.63, 3.8) is 0 Å². The van der Waals surface area contributed by atoms with Gasteiger partial charge >= 0.3 is 0 Å². The molecule has 5 aliphatic carbocycles. The van der Waals surface area contributed by atoms with E-state index < -0.39 is 192 Å². The molecule has 31 nitrogen and oxygen atoms in total. The molecule has 33 heteroatoms. The van der Waals surface area contributed by atoms with Gasteiger partial charge in [-0.3, -0.25) is 48.5 Å². The number of phenols is 1. The molecule has 120 heavy (non-hydrogen) atoms. The monoisotopic (exact) mass is 1700 g/mol. The number of phenolic OH excluding ortho intramolecular Hbond substituents is 1. The van der Waals surface area contributed by atoms with Gasteiger partial charge in [-0.15, -0.1) is 0 Å². The number of amides is 6. The number of likely N-dealkylation sites (N-methyl/N-ethyl adjacent to an activating group) is 2. The average Bonchev–Trinajstić information content (AvgIpc) is 1.56. The Hall–Kier alpha value is -9.71. The van der Waals surface area contributed by atoms with Crippen molar-refractivity contribution in [1.82, 2.24) is 37.2 Å². The van der Waals surface area contributed by atoms with Crippen LogP contribution in [0.1, 0.15) is 171 Å². The van der Waals surface area contributed by atoms with Gasteiger partial charge in [-0.2, -0.15) is 0 Å². The van der Waals surface area contributed by atoms with Crippen LogP contribution in [0.25, 0.3) is 11.1 Å². The molecule has 6 aromatic rings. The lowest BCUT2D eigenvalue weighted by Crippen LogP contribution is -2.60. The number of hydrogen-bond donors (Lipinski definition) is 16. The summed E-state index contributed by atoms with van der Waals surface area (Å²) in [5, 5.41) is 125. The van der Waals surface area contributed by atoms with Crippen molar-refractivity contribution in [3.8, 4) is 57.1 Å². The molecule has 16 N–H and O–H groups in total. The van der Waals surface area contributed by atoms with Gasteiger partial charge in [0.25, 0.3) is 5.91 Å². The van der Waals surface area contributed by atoms with Gasteiger partial charge in [-0.25, -0.2) is 0 Å². The molecule has 6 aromatic carbocycles. The van der Waals surface area contributed by atoms with Gasteiger partial charge < -0.3 is 106 Å². The molecule has 0 unspecified atom stereocenters. The van der Waals surface area contributed by atoms with Crippen molar-refractivity contribution in [1.29, 1.82) is 0 Å². The topological polar surface area (TPSA) is 475 Å². The van der Waals surface area contributed by atoms with Crippen LogP contribution in [0.15, 0.2) is 97.1 Å². The predicted octanol–water partition coefficient (Wildman–Crippen LogP) is 5.99. The molecule has 0 radical (unpaired) electrons. The first-order valence-electron chi connectivity index (χ1n) is 40.6. The quantitative estimate of drug-likeness (QED) is 0.0274. The van der Waals surface area contributed by atoms with E-state index in [0.29, 0.717) is 31.3 Å². The molecule has 6 amide bonds. The lowest BCUT2D eigenvalue weighted by atomic mass is 9.51. The summed E-state index contributed by atoms with van der Waals surface area (Å²) in [7, 11) is 3.41. The van der Waals surface area contributed by atoms with Crippen LogP contribution in [0, 0.1) is 47.3 Å². The Bertz CT molecular complexity index is 4930. The van der Waals surface area contributed by atoms with Crippen LogP contribution in [0.2, 0.25) is 10.0 Å². The van der Waals surface area contributed by atoms with Gasteiger partial charge in [0.2, 0.25) is 47.4 Å². The highest BCUT2D eigenvalue weighted by atomic mass is 35.5. The number of hydrogen-bond acceptors (Lipinski definition) is 26. The molecule has 14 atom stereocenters. The number of carbonyl (C=O) groups is 9. The highest BCUT2D eigenvalue weighted by Gasteiger charge is 2.52. The van der Waals surface area contributed by atoms with Crippen LogP contribution >= 0.6 is 23.2 Å². The number of ether oxygens (including phenoxy) is 6. The minimum atomic E-state index is -2.94. The molecule has 0 aromatic heterocycles. The third kappa shape index (κ3) is 18.0. The van der Waals surface area contributed by atoms with Crippen molar-refractivity contribution in [2.75, 3.05) is 47.0 Å². The molecule has 17 rings (SSSR count). The molecule has 1 saturated heterocycles. The molecule has 640 valence electrons. The third-order valence-electron chi connectivity index (χ3n) is 24.6. The number of carbonyl (C=O) groups excluding carboxylic acids is 9. The Morgan fingerprint density at radius 3 is 1.85 bits per heavy atom. The maximum atomic E-state index is 16.7. The Labute approximate surface area is 700 Å². The molecule has 6 aliphatic heterocycles. The number of fused-ring (bicyclic) bond motifs is 12. The summed E-state index contributed by atoms with van der Waals surface area (Å²) in [4.78, 5) is 140. The lowest BCUT2D eigenvalue weighted by molar-refractivity contribution is -0.277. The van der Waals surface area contributed by atoms with E-state index in [1.54, 1.807) is 21.0 Å². The smallest absolute Gasteiger partial charge is 0.258 e. The second-order valence-electron chi connectivity index (χ2n) is 33.2. The van der Waals surface area contributed by atoms with E-state index in [0.717, 1.165) is 50.3 Å². The number of aliphatic hydroxyl groups excluding tert-OH is 6. The van der Waals surface area contributed by atoms with Crippen LogP contribution in [0.5, 0.6) is 46.0 Å². The fraction of sp³-hybridized carbons (Fsp3) is 0.483. The predicted molar refractivity (Wildman–Crippen MR) is 429 cm³/mol. The number of aliphatic hydroxyl groups is 8. The van der Waals surface area contributed by atoms with Crippen LogP contribution in [0.3, 0.4) is 0 Å². The van der Waals surface area contributed by atoms with Crippen molar-refractivity contribution in [3.05, 3.63) is 152 Å². The molecular weight excluding hydrogens is 1600 g/mol. The fourth-order valence-corrected chi connectivity index (χ4v) is 19.1. The summed E-state index contributed by atoms with van der Waals surface area (Å²) in [5.74, 6) is -18.3. The maximum Gasteiger partial charge on any atom is 0.258 e. The SMILES string of the molecule is CC[C@H](CC(C)C)C(=O)N[C@H]1C(=O)C[C@@H](CC(=O)NC(=O)c2cc(OCCNC)cc(OCCNC)c2)C(=O)N[C@H]2C(=O)C[C@H]3C(=O)N[C@H](C(=O)N[C@H](C(=O)CC4C5CC6CC(C5)CC4C6)c4cc(O)cc5c4-c4cc3ccc4C5(O)O)[C@H](O)c3ccc(c(Cl)c3)Oc3cc2cc(c3O[C@@H]2O[C@H](CO)[C@@H](O)[C@H](O)[C@H]2O)Oc2ccc(cc2Cl)[C@H]1O. The van der Waals surface area contributed by atoms with Gasteiger partial charge in [-0.1, -0.05) is 68.2 Å². The maximum absolute atomic E-state index is 16.7. The number of imide groups is 1. The Morgan fingerprint density at radius 2 is 1.26 bits per heavy atom. The minimum absolute atomic E-state index is 0.0235. The standard InChI is InChI=1S/C87H99Cl2N7O24/c1-6-41(17-38(2)3)81(108)95-73-61(99)28-49(31-69(102)92-82(109)48-23-51(115-15-13-90-4)34-52(24-48)116-16-14-91-5)83(110)93-71-47-29-66(117-64-11-8-43(75(73)103)26-59(64)88)80(120-86-79(107)78(106)77(105)68(37-97)119-86)67(30-47)118-65-12-9-44(27-60(65)89)76(104)74-85(112)94-72(63(101)35-53-45-19-39-18-40(21-45)22-46(53)20-39)56-32-50(98)33-58-70(56)55-25-42(7-10-57(55)87(58,113)114)54(36-62(71)100)84(111)96-74/h7-12,23-27,29-30,32-34,38-41,45-46,49,53-54,68,71-79,86,90-91,97-98,103-107,113-114H,6,13-22,28,31,35-37H2,1-5H3,(H,93,110)(H,94,112)(H,95,108)(H,96,111)(H,92,102,109)/t39?,40?,41-,45?,46?,49+,53?,54-,68-,71-,72+,73+,74+,75-,76-,77-,78+,79-,86+/m1/s1. The second-order valence-corrected chi connectivity index (χ2v) is 34.0. The number of nitrogens with one attached hydrogen (secondary N) is 7. The Balaban J connectivity index is 0.950. The van der Waals surface area contributed by atoms with Gasteiger partial charge in [0.05, 0.1) is 28.5 Å². The molecule has 5 fully saturated rings. The van der Waals surface area contributed by atoms with E-state index in [-0.39, 0.29) is 138 Å². The molecule has 15 bridgehead atoms. The molecule has 6 heterocycles. The van der Waals surface area contributed by atoms with E-state index in [1.807, 2.05) is 13.8 Å². The van der Waals surface area contributed by atoms with E-state index in [4.69, 9.17) is 51.6 Å². The number of ketones is 3. The average molecular weight is 1700 g/mol. The zero-order chi connectivity index (χ0) is 85.6. The molecule has 0 spiro atoms. The summed E-state index contributed by atoms with van der Waals surface area (Å²) in [6, 6.07) is 11.9. The summed E-state index contributed by atoms with van der Waals surface area (Å²) < 4.78 is 37.5. The first kappa shape index (κ1) is 86.7.